The number of allylic oxidation sites excluding steroid dienone is 2. The fraction of sp³-hybridized carbons (Fsp3) is 0.583. The average molecular weight is 212 g/mol. The molecular formula is C12H20O3. The van der Waals surface area contributed by atoms with E-state index in [1.165, 1.54) is 13.2 Å². The van der Waals surface area contributed by atoms with Gasteiger partial charge in [-0.3, -0.25) is 0 Å². The van der Waals surface area contributed by atoms with Gasteiger partial charge in [-0.15, -0.1) is 0 Å². The topological polar surface area (TPSA) is 46.5 Å². The number of carbonyl (C=O) groups excluding carboxylic acids is 1. The van der Waals surface area contributed by atoms with Gasteiger partial charge in [0.15, 0.2) is 5.60 Å². The molecule has 2 atom stereocenters. The Morgan fingerprint density at radius 3 is 2.60 bits per heavy atom. The molecule has 0 saturated heterocycles. The molecule has 15 heavy (non-hydrogen) atoms. The van der Waals surface area contributed by atoms with Gasteiger partial charge in [-0.1, -0.05) is 32.1 Å². The molecule has 0 spiro atoms. The molecule has 3 heteroatoms. The van der Waals surface area contributed by atoms with E-state index in [0.29, 0.717) is 0 Å². The Morgan fingerprint density at radius 2 is 2.20 bits per heavy atom. The van der Waals surface area contributed by atoms with Gasteiger partial charge in [0.05, 0.1) is 7.11 Å². The second kappa shape index (κ2) is 6.40. The lowest BCUT2D eigenvalue weighted by atomic mass is 9.88. The summed E-state index contributed by atoms with van der Waals surface area (Å²) in [5, 5.41) is 10.2. The lowest BCUT2D eigenvalue weighted by molar-refractivity contribution is -0.160. The molecule has 0 aliphatic heterocycles. The molecule has 0 unspecified atom stereocenters. The molecule has 0 aliphatic rings. The molecule has 0 aromatic heterocycles. The molecule has 0 saturated carbocycles. The van der Waals surface area contributed by atoms with Gasteiger partial charge in [-0.05, 0) is 19.4 Å². The van der Waals surface area contributed by atoms with E-state index in [1.807, 2.05) is 13.8 Å². The van der Waals surface area contributed by atoms with Crippen LogP contribution < -0.4 is 0 Å². The third-order valence-electron chi connectivity index (χ3n) is 2.30. The average Bonchev–Trinajstić information content (AvgIpc) is 2.24. The van der Waals surface area contributed by atoms with Gasteiger partial charge in [-0.25, -0.2) is 4.79 Å². The predicted octanol–water partition coefficient (Wildman–Crippen LogP) is 2.07. The van der Waals surface area contributed by atoms with Gasteiger partial charge in [-0.2, -0.15) is 0 Å². The highest BCUT2D eigenvalue weighted by atomic mass is 16.5. The Balaban J connectivity index is 5.00. The number of hydrogen-bond donors (Lipinski definition) is 1. The van der Waals surface area contributed by atoms with Crippen molar-refractivity contribution in [3.8, 4) is 0 Å². The van der Waals surface area contributed by atoms with Gasteiger partial charge in [0, 0.05) is 5.92 Å². The van der Waals surface area contributed by atoms with Crippen molar-refractivity contribution in [3.05, 3.63) is 24.3 Å². The zero-order valence-corrected chi connectivity index (χ0v) is 9.86. The first-order valence-electron chi connectivity index (χ1n) is 5.14. The quantitative estimate of drug-likeness (QED) is 0.560. The third-order valence-corrected chi connectivity index (χ3v) is 2.30. The van der Waals surface area contributed by atoms with E-state index in [1.54, 1.807) is 25.2 Å². The van der Waals surface area contributed by atoms with E-state index in [9.17, 15) is 9.90 Å². The summed E-state index contributed by atoms with van der Waals surface area (Å²) in [6, 6.07) is 0. The molecule has 0 rings (SSSR count). The summed E-state index contributed by atoms with van der Waals surface area (Å²) in [7, 11) is 1.27. The molecule has 0 bridgehead atoms. The van der Waals surface area contributed by atoms with Gasteiger partial charge in [0.1, 0.15) is 0 Å². The van der Waals surface area contributed by atoms with Crippen LogP contribution in [0.15, 0.2) is 24.3 Å². The molecule has 0 radical (unpaired) electrons. The molecule has 0 heterocycles. The summed E-state index contributed by atoms with van der Waals surface area (Å²) in [4.78, 5) is 11.5. The van der Waals surface area contributed by atoms with Crippen LogP contribution in [-0.4, -0.2) is 23.8 Å². The molecule has 86 valence electrons. The molecular weight excluding hydrogens is 192 g/mol. The minimum Gasteiger partial charge on any atom is -0.467 e. The summed E-state index contributed by atoms with van der Waals surface area (Å²) >= 11 is 0. The van der Waals surface area contributed by atoms with Crippen LogP contribution in [0, 0.1) is 5.92 Å². The van der Waals surface area contributed by atoms with Gasteiger partial charge < -0.3 is 9.84 Å². The first kappa shape index (κ1) is 13.9. The maximum absolute atomic E-state index is 11.5. The number of esters is 1. The van der Waals surface area contributed by atoms with Crippen molar-refractivity contribution in [2.24, 2.45) is 5.92 Å². The molecule has 0 aliphatic carbocycles. The number of hydrogen-bond acceptors (Lipinski definition) is 3. The van der Waals surface area contributed by atoms with Crippen LogP contribution in [0.2, 0.25) is 0 Å². The Labute approximate surface area is 91.4 Å². The van der Waals surface area contributed by atoms with Crippen LogP contribution >= 0.6 is 0 Å². The smallest absolute Gasteiger partial charge is 0.342 e. The Bertz CT molecular complexity index is 256. The van der Waals surface area contributed by atoms with Crippen LogP contribution in [0.3, 0.4) is 0 Å². The van der Waals surface area contributed by atoms with Crippen molar-refractivity contribution in [1.29, 1.82) is 0 Å². The second-order valence-corrected chi connectivity index (χ2v) is 3.44. The van der Waals surface area contributed by atoms with E-state index in [2.05, 4.69) is 4.74 Å². The van der Waals surface area contributed by atoms with Gasteiger partial charge in [0.2, 0.25) is 0 Å². The zero-order chi connectivity index (χ0) is 11.9. The third kappa shape index (κ3) is 3.51. The summed E-state index contributed by atoms with van der Waals surface area (Å²) in [5.74, 6) is -0.935. The lowest BCUT2D eigenvalue weighted by Gasteiger charge is -2.26. The predicted molar refractivity (Wildman–Crippen MR) is 60.4 cm³/mol. The molecule has 3 nitrogen and oxygen atoms in total. The van der Waals surface area contributed by atoms with E-state index < -0.39 is 11.6 Å². The summed E-state index contributed by atoms with van der Waals surface area (Å²) in [5.41, 5.74) is -1.56. The van der Waals surface area contributed by atoms with Crippen molar-refractivity contribution >= 4 is 5.97 Å². The highest BCUT2D eigenvalue weighted by molar-refractivity contribution is 5.82. The lowest BCUT2D eigenvalue weighted by Crippen LogP contribution is -2.43. The highest BCUT2D eigenvalue weighted by Crippen LogP contribution is 2.22. The van der Waals surface area contributed by atoms with E-state index in [4.69, 9.17) is 0 Å². The first-order chi connectivity index (χ1) is 7.02. The van der Waals surface area contributed by atoms with Crippen LogP contribution in [0.5, 0.6) is 0 Å². The van der Waals surface area contributed by atoms with Crippen LogP contribution in [0.25, 0.3) is 0 Å². The Kier molecular flexibility index (Phi) is 5.94. The minimum atomic E-state index is -1.56. The van der Waals surface area contributed by atoms with Crippen molar-refractivity contribution in [3.63, 3.8) is 0 Å². The van der Waals surface area contributed by atoms with Crippen LogP contribution in [0.1, 0.15) is 27.2 Å². The van der Waals surface area contributed by atoms with Crippen LogP contribution in [0.4, 0.5) is 0 Å². The summed E-state index contributed by atoms with van der Waals surface area (Å²) in [6.07, 6.45) is 7.61. The number of carbonyl (C=O) groups is 1. The van der Waals surface area contributed by atoms with E-state index in [-0.39, 0.29) is 5.92 Å². The van der Waals surface area contributed by atoms with Crippen molar-refractivity contribution in [2.75, 3.05) is 7.11 Å². The SMILES string of the molecule is C/C=C/[C@@H](C)[C@](O)(/C=C/CC)C(=O)OC. The summed E-state index contributed by atoms with van der Waals surface area (Å²) in [6.45, 7) is 5.56. The molecule has 1 N–H and O–H groups in total. The van der Waals surface area contributed by atoms with Gasteiger partial charge in [0.25, 0.3) is 0 Å². The standard InChI is InChI=1S/C12H20O3/c1-5-7-9-12(14,11(13)15-4)10(3)8-6-2/h6-10,14H,5H2,1-4H3/b8-6+,9-7+/t10-,12-/m1/s1. The van der Waals surface area contributed by atoms with E-state index >= 15 is 0 Å². The number of rotatable bonds is 5. The first-order valence-corrected chi connectivity index (χ1v) is 5.14. The Morgan fingerprint density at radius 1 is 1.60 bits per heavy atom. The molecule has 0 fully saturated rings. The fourth-order valence-electron chi connectivity index (χ4n) is 1.30. The zero-order valence-electron chi connectivity index (χ0n) is 9.86. The largest absolute Gasteiger partial charge is 0.467 e. The van der Waals surface area contributed by atoms with Crippen molar-refractivity contribution < 1.29 is 14.6 Å². The number of ether oxygens (including phenoxy) is 1. The Hall–Kier alpha value is -1.09. The van der Waals surface area contributed by atoms with Crippen molar-refractivity contribution in [1.82, 2.24) is 0 Å². The monoisotopic (exact) mass is 212 g/mol. The maximum Gasteiger partial charge on any atom is 0.342 e. The van der Waals surface area contributed by atoms with Crippen molar-refractivity contribution in [2.45, 2.75) is 32.8 Å². The highest BCUT2D eigenvalue weighted by Gasteiger charge is 2.38. The number of methoxy groups -OCH3 is 1. The summed E-state index contributed by atoms with van der Waals surface area (Å²) < 4.78 is 4.61. The maximum atomic E-state index is 11.5. The molecule has 0 aromatic carbocycles. The fourth-order valence-corrected chi connectivity index (χ4v) is 1.30. The van der Waals surface area contributed by atoms with Gasteiger partial charge >= 0.3 is 5.97 Å². The molecule has 0 amide bonds. The number of aliphatic hydroxyl groups is 1. The normalized spacial score (nSPS) is 17.9. The molecule has 0 aromatic rings. The minimum absolute atomic E-state index is 0.308. The van der Waals surface area contributed by atoms with Crippen LogP contribution in [-0.2, 0) is 9.53 Å². The second-order valence-electron chi connectivity index (χ2n) is 3.44. The van der Waals surface area contributed by atoms with E-state index in [0.717, 1.165) is 6.42 Å².